The van der Waals surface area contributed by atoms with Crippen molar-refractivity contribution < 1.29 is 27.8 Å². The number of hydrogen-bond acceptors (Lipinski definition) is 3. The van der Waals surface area contributed by atoms with Crippen LogP contribution in [0.25, 0.3) is 0 Å². The number of aromatic nitrogens is 1. The van der Waals surface area contributed by atoms with Crippen LogP contribution in [-0.4, -0.2) is 22.4 Å². The molecule has 1 heterocycles. The molecule has 0 unspecified atom stereocenters. The van der Waals surface area contributed by atoms with Crippen LogP contribution < -0.4 is 4.74 Å². The SMILES string of the molecule is O=C(O)Cc1c(CCl)cnc(OC(F)(F)F)c1I. The first kappa shape index (κ1) is 15.3. The standard InChI is InChI=1S/C9H6ClF3INO3/c10-2-4-3-15-8(18-9(11,12)13)7(14)5(4)1-6(16)17/h3H,1-2H2,(H,16,17). The van der Waals surface area contributed by atoms with Gasteiger partial charge in [0.25, 0.3) is 0 Å². The van der Waals surface area contributed by atoms with Crippen LogP contribution in [0.2, 0.25) is 0 Å². The molecule has 0 aliphatic heterocycles. The molecule has 0 aliphatic carbocycles. The average molecular weight is 396 g/mol. The number of halogens is 5. The lowest BCUT2D eigenvalue weighted by Crippen LogP contribution is -2.19. The van der Waals surface area contributed by atoms with E-state index in [1.165, 1.54) is 0 Å². The molecule has 9 heteroatoms. The summed E-state index contributed by atoms with van der Waals surface area (Å²) in [5.41, 5.74) is 0.533. The summed E-state index contributed by atoms with van der Waals surface area (Å²) in [7, 11) is 0. The van der Waals surface area contributed by atoms with E-state index in [0.29, 0.717) is 5.56 Å². The van der Waals surface area contributed by atoms with Crippen LogP contribution >= 0.6 is 34.2 Å². The fourth-order valence-corrected chi connectivity index (χ4v) is 2.20. The smallest absolute Gasteiger partial charge is 0.481 e. The highest BCUT2D eigenvalue weighted by Crippen LogP contribution is 2.30. The first-order valence-electron chi connectivity index (χ1n) is 4.44. The predicted octanol–water partition coefficient (Wildman–Crippen LogP) is 2.95. The third-order valence-corrected chi connectivity index (χ3v) is 3.26. The van der Waals surface area contributed by atoms with Gasteiger partial charge in [-0.2, -0.15) is 0 Å². The number of carboxylic acid groups (broad SMARTS) is 1. The zero-order valence-electron chi connectivity index (χ0n) is 8.59. The molecule has 1 aromatic rings. The summed E-state index contributed by atoms with van der Waals surface area (Å²) >= 11 is 7.13. The van der Waals surface area contributed by atoms with E-state index in [1.54, 1.807) is 22.6 Å². The molecule has 1 aromatic heterocycles. The number of hydrogen-bond donors (Lipinski definition) is 1. The van der Waals surface area contributed by atoms with Gasteiger partial charge in [-0.05, 0) is 33.7 Å². The van der Waals surface area contributed by atoms with Gasteiger partial charge in [0.05, 0.1) is 9.99 Å². The van der Waals surface area contributed by atoms with E-state index in [0.717, 1.165) is 6.20 Å². The van der Waals surface area contributed by atoms with Gasteiger partial charge in [0.1, 0.15) is 0 Å². The van der Waals surface area contributed by atoms with Gasteiger partial charge < -0.3 is 9.84 Å². The molecule has 0 saturated heterocycles. The minimum Gasteiger partial charge on any atom is -0.481 e. The second-order valence-corrected chi connectivity index (χ2v) is 4.48. The molecule has 100 valence electrons. The van der Waals surface area contributed by atoms with Crippen LogP contribution in [0, 0.1) is 3.57 Å². The molecule has 0 spiro atoms. The lowest BCUT2D eigenvalue weighted by molar-refractivity contribution is -0.276. The van der Waals surface area contributed by atoms with E-state index in [2.05, 4.69) is 9.72 Å². The van der Waals surface area contributed by atoms with E-state index < -0.39 is 24.6 Å². The molecule has 18 heavy (non-hydrogen) atoms. The highest BCUT2D eigenvalue weighted by atomic mass is 127. The van der Waals surface area contributed by atoms with E-state index in [1.807, 2.05) is 0 Å². The van der Waals surface area contributed by atoms with E-state index in [9.17, 15) is 18.0 Å². The molecule has 1 N–H and O–H groups in total. The molecule has 0 saturated carbocycles. The molecule has 0 radical (unpaired) electrons. The van der Waals surface area contributed by atoms with Gasteiger partial charge in [-0.1, -0.05) is 0 Å². The van der Waals surface area contributed by atoms with Crippen molar-refractivity contribution in [1.82, 2.24) is 4.98 Å². The Hall–Kier alpha value is -0.770. The quantitative estimate of drug-likeness (QED) is 0.629. The molecule has 0 amide bonds. The molecule has 0 atom stereocenters. The van der Waals surface area contributed by atoms with Gasteiger partial charge >= 0.3 is 12.3 Å². The summed E-state index contributed by atoms with van der Waals surface area (Å²) in [6, 6.07) is 0. The maximum absolute atomic E-state index is 12.1. The molecule has 4 nitrogen and oxygen atoms in total. The summed E-state index contributed by atoms with van der Waals surface area (Å²) in [5.74, 6) is -1.89. The Bertz CT molecular complexity index is 467. The van der Waals surface area contributed by atoms with E-state index >= 15 is 0 Å². The van der Waals surface area contributed by atoms with Gasteiger partial charge in [0, 0.05) is 12.1 Å². The van der Waals surface area contributed by atoms with Crippen molar-refractivity contribution in [3.8, 4) is 5.88 Å². The molecular weight excluding hydrogens is 389 g/mol. The summed E-state index contributed by atoms with van der Waals surface area (Å²) in [6.45, 7) is 0. The molecule has 0 bridgehead atoms. The molecular formula is C9H6ClF3INO3. The first-order chi connectivity index (χ1) is 8.24. The summed E-state index contributed by atoms with van der Waals surface area (Å²) in [6.07, 6.45) is -4.25. The number of nitrogens with zero attached hydrogens (tertiary/aromatic N) is 1. The number of pyridine rings is 1. The van der Waals surface area contributed by atoms with Crippen molar-refractivity contribution in [3.05, 3.63) is 20.9 Å². The maximum atomic E-state index is 12.1. The summed E-state index contributed by atoms with van der Waals surface area (Å²) in [5, 5.41) is 8.70. The van der Waals surface area contributed by atoms with E-state index in [-0.39, 0.29) is 15.0 Å². The lowest BCUT2D eigenvalue weighted by Gasteiger charge is -2.13. The fraction of sp³-hybridized carbons (Fsp3) is 0.333. The van der Waals surface area contributed by atoms with Crippen LogP contribution in [0.5, 0.6) is 5.88 Å². The summed E-state index contributed by atoms with van der Waals surface area (Å²) < 4.78 is 40.0. The largest absolute Gasteiger partial charge is 0.574 e. The Balaban J connectivity index is 3.20. The van der Waals surface area contributed by atoms with Crippen molar-refractivity contribution in [2.24, 2.45) is 0 Å². The van der Waals surface area contributed by atoms with Crippen molar-refractivity contribution in [3.63, 3.8) is 0 Å². The topological polar surface area (TPSA) is 59.4 Å². The number of aliphatic carboxylic acids is 1. The number of ether oxygens (including phenoxy) is 1. The van der Waals surface area contributed by atoms with Gasteiger partial charge in [0.2, 0.25) is 5.88 Å². The highest BCUT2D eigenvalue weighted by molar-refractivity contribution is 14.1. The van der Waals surface area contributed by atoms with Gasteiger partial charge in [-0.3, -0.25) is 4.79 Å². The fourth-order valence-electron chi connectivity index (χ4n) is 1.18. The Morgan fingerprint density at radius 3 is 2.61 bits per heavy atom. The first-order valence-corrected chi connectivity index (χ1v) is 6.05. The minimum atomic E-state index is -4.88. The van der Waals surface area contributed by atoms with Gasteiger partial charge in [-0.15, -0.1) is 24.8 Å². The second-order valence-electron chi connectivity index (χ2n) is 3.13. The van der Waals surface area contributed by atoms with Crippen LogP contribution in [0.3, 0.4) is 0 Å². The van der Waals surface area contributed by atoms with Crippen molar-refractivity contribution in [2.75, 3.05) is 0 Å². The van der Waals surface area contributed by atoms with Crippen molar-refractivity contribution in [1.29, 1.82) is 0 Å². The van der Waals surface area contributed by atoms with Crippen molar-refractivity contribution >= 4 is 40.2 Å². The third kappa shape index (κ3) is 4.16. The number of alkyl halides is 4. The number of carboxylic acids is 1. The Morgan fingerprint density at radius 2 is 2.17 bits per heavy atom. The predicted molar refractivity (Wildman–Crippen MR) is 64.5 cm³/mol. The monoisotopic (exact) mass is 395 g/mol. The maximum Gasteiger partial charge on any atom is 0.574 e. The zero-order chi connectivity index (χ0) is 13.9. The minimum absolute atomic E-state index is 0.00882. The Morgan fingerprint density at radius 1 is 1.56 bits per heavy atom. The van der Waals surface area contributed by atoms with Crippen LogP contribution in [0.1, 0.15) is 11.1 Å². The molecule has 0 fully saturated rings. The van der Waals surface area contributed by atoms with Crippen LogP contribution in [0.15, 0.2) is 6.20 Å². The molecule has 0 aliphatic rings. The number of carbonyl (C=O) groups is 1. The van der Waals surface area contributed by atoms with Gasteiger partial charge in [-0.25, -0.2) is 4.98 Å². The molecule has 0 aromatic carbocycles. The van der Waals surface area contributed by atoms with Crippen LogP contribution in [-0.2, 0) is 17.1 Å². The Kier molecular flexibility index (Phi) is 5.02. The third-order valence-electron chi connectivity index (χ3n) is 1.86. The van der Waals surface area contributed by atoms with Gasteiger partial charge in [0.15, 0.2) is 0 Å². The van der Waals surface area contributed by atoms with E-state index in [4.69, 9.17) is 16.7 Å². The van der Waals surface area contributed by atoms with Crippen molar-refractivity contribution in [2.45, 2.75) is 18.7 Å². The summed E-state index contributed by atoms with van der Waals surface area (Å²) in [4.78, 5) is 14.1. The average Bonchev–Trinajstić information content (AvgIpc) is 2.22. The number of rotatable bonds is 4. The normalized spacial score (nSPS) is 11.4. The van der Waals surface area contributed by atoms with Crippen LogP contribution in [0.4, 0.5) is 13.2 Å². The zero-order valence-corrected chi connectivity index (χ0v) is 11.5. The highest BCUT2D eigenvalue weighted by Gasteiger charge is 2.33. The lowest BCUT2D eigenvalue weighted by atomic mass is 10.1. The Labute approximate surface area is 118 Å². The second kappa shape index (κ2) is 5.91. The molecule has 1 rings (SSSR count).